The Morgan fingerprint density at radius 2 is 1.05 bits per heavy atom. The van der Waals surface area contributed by atoms with Gasteiger partial charge in [-0.15, -0.1) is 0 Å². The Bertz CT molecular complexity index is 3090. The quantitative estimate of drug-likeness (QED) is 0.171. The normalized spacial score (nSPS) is 12.9. The zero-order chi connectivity index (χ0) is 38.1. The maximum absolute atomic E-state index is 6.99. The van der Waals surface area contributed by atoms with Crippen LogP contribution >= 0.6 is 0 Å². The highest BCUT2D eigenvalue weighted by Gasteiger charge is 2.35. The second-order valence-electron chi connectivity index (χ2n) is 15.4. The zero-order valence-corrected chi connectivity index (χ0v) is 31.6. The molecule has 0 atom stereocenters. The first-order chi connectivity index (χ1) is 28.0. The van der Waals surface area contributed by atoms with Crippen LogP contribution in [-0.4, -0.2) is 9.97 Å². The Hall–Kier alpha value is -7.30. The monoisotopic (exact) mass is 731 g/mol. The van der Waals surface area contributed by atoms with Crippen molar-refractivity contribution in [2.75, 3.05) is 4.90 Å². The summed E-state index contributed by atoms with van der Waals surface area (Å²) in [5.74, 6) is 0.657. The number of nitrogens with zero attached hydrogens (tertiary/aromatic N) is 3. The number of aromatic nitrogens is 2. The van der Waals surface area contributed by atoms with Crippen molar-refractivity contribution in [1.29, 1.82) is 0 Å². The molecule has 10 aromatic rings. The summed E-state index contributed by atoms with van der Waals surface area (Å²) in [6.45, 7) is 4.65. The molecule has 0 aliphatic heterocycles. The van der Waals surface area contributed by atoms with E-state index < -0.39 is 0 Å². The van der Waals surface area contributed by atoms with Crippen molar-refractivity contribution in [2.45, 2.75) is 19.3 Å². The minimum atomic E-state index is -0.0676. The number of hydrogen-bond acceptors (Lipinski definition) is 4. The molecule has 0 bridgehead atoms. The first-order valence-electron chi connectivity index (χ1n) is 19.5. The van der Waals surface area contributed by atoms with Crippen LogP contribution in [0.25, 0.3) is 77.7 Å². The number of hydrogen-bond donors (Lipinski definition) is 0. The van der Waals surface area contributed by atoms with Gasteiger partial charge in [0.2, 0.25) is 0 Å². The largest absolute Gasteiger partial charge is 0.455 e. The zero-order valence-electron chi connectivity index (χ0n) is 31.6. The molecule has 11 rings (SSSR count). The fraction of sp³-hybridized carbons (Fsp3) is 0.0566. The number of rotatable bonds is 6. The average Bonchev–Trinajstić information content (AvgIpc) is 3.76. The van der Waals surface area contributed by atoms with E-state index in [-0.39, 0.29) is 5.41 Å². The second kappa shape index (κ2) is 12.9. The molecule has 0 radical (unpaired) electrons. The Balaban J connectivity index is 1.13. The van der Waals surface area contributed by atoms with Crippen LogP contribution in [0.3, 0.4) is 0 Å². The Kier molecular flexibility index (Phi) is 7.48. The molecule has 0 unspecified atom stereocenters. The van der Waals surface area contributed by atoms with Crippen LogP contribution in [0.15, 0.2) is 192 Å². The number of fused-ring (bicyclic) bond motifs is 8. The molecule has 0 saturated carbocycles. The van der Waals surface area contributed by atoms with E-state index in [0.717, 1.165) is 77.9 Å². The number of para-hydroxylation sites is 1. The van der Waals surface area contributed by atoms with E-state index in [4.69, 9.17) is 14.4 Å². The summed E-state index contributed by atoms with van der Waals surface area (Å²) in [5.41, 5.74) is 14.8. The summed E-state index contributed by atoms with van der Waals surface area (Å²) in [7, 11) is 0. The van der Waals surface area contributed by atoms with Crippen LogP contribution in [0.1, 0.15) is 25.0 Å². The van der Waals surface area contributed by atoms with Crippen LogP contribution < -0.4 is 4.90 Å². The van der Waals surface area contributed by atoms with E-state index in [1.165, 1.54) is 22.3 Å². The molecule has 2 aromatic heterocycles. The van der Waals surface area contributed by atoms with Gasteiger partial charge in [-0.2, -0.15) is 0 Å². The van der Waals surface area contributed by atoms with Crippen molar-refractivity contribution >= 4 is 49.8 Å². The lowest BCUT2D eigenvalue weighted by atomic mass is 9.82. The summed E-state index contributed by atoms with van der Waals surface area (Å²) in [6.07, 6.45) is 0. The topological polar surface area (TPSA) is 42.2 Å². The van der Waals surface area contributed by atoms with Gasteiger partial charge in [0.05, 0.1) is 11.4 Å². The standard InChI is InChI=1S/C53H37N3O/c1-53(2)45-25-15-14-24-41(45)43-31-38(27-29-46(43)53)56(37-21-10-5-11-22-37)39-26-28-42-49(32-39)57-51-40-23-13-12-20-36(40)30-44(50(42)51)52-54-47(34-16-6-3-7-17-34)33-48(55-52)35-18-8-4-9-19-35/h3-33H,1-2H3. The van der Waals surface area contributed by atoms with Gasteiger partial charge in [-0.05, 0) is 76.2 Å². The predicted molar refractivity (Wildman–Crippen MR) is 235 cm³/mol. The first kappa shape index (κ1) is 33.1. The van der Waals surface area contributed by atoms with E-state index in [0.29, 0.717) is 5.82 Å². The highest BCUT2D eigenvalue weighted by atomic mass is 16.3. The summed E-state index contributed by atoms with van der Waals surface area (Å²) in [6, 6.07) is 66.3. The Labute approximate surface area is 331 Å². The molecule has 8 aromatic carbocycles. The van der Waals surface area contributed by atoms with Gasteiger partial charge in [-0.1, -0.05) is 147 Å². The highest BCUT2D eigenvalue weighted by Crippen LogP contribution is 2.51. The Morgan fingerprint density at radius 1 is 0.456 bits per heavy atom. The maximum atomic E-state index is 6.99. The Morgan fingerprint density at radius 3 is 1.79 bits per heavy atom. The molecule has 57 heavy (non-hydrogen) atoms. The minimum Gasteiger partial charge on any atom is -0.455 e. The van der Waals surface area contributed by atoms with Gasteiger partial charge in [-0.3, -0.25) is 0 Å². The minimum absolute atomic E-state index is 0.0676. The third kappa shape index (κ3) is 5.37. The van der Waals surface area contributed by atoms with E-state index in [1.54, 1.807) is 0 Å². The molecule has 4 heteroatoms. The fourth-order valence-electron chi connectivity index (χ4n) is 8.87. The van der Waals surface area contributed by atoms with Crippen molar-refractivity contribution in [1.82, 2.24) is 9.97 Å². The third-order valence-electron chi connectivity index (χ3n) is 11.7. The van der Waals surface area contributed by atoms with E-state index in [2.05, 4.69) is 195 Å². The SMILES string of the molecule is CC1(C)c2ccccc2-c2cc(N(c3ccccc3)c3ccc4c(c3)oc3c5ccccc5cc(-c5nc(-c6ccccc6)cc(-c6ccccc6)n5)c43)ccc21. The van der Waals surface area contributed by atoms with Crippen molar-refractivity contribution < 1.29 is 4.42 Å². The summed E-state index contributed by atoms with van der Waals surface area (Å²) >= 11 is 0. The number of furan rings is 1. The predicted octanol–water partition coefficient (Wildman–Crippen LogP) is 14.3. The van der Waals surface area contributed by atoms with Crippen LogP contribution in [-0.2, 0) is 5.41 Å². The van der Waals surface area contributed by atoms with Crippen molar-refractivity contribution in [2.24, 2.45) is 0 Å². The molecule has 1 aliphatic carbocycles. The van der Waals surface area contributed by atoms with Crippen LogP contribution in [0.4, 0.5) is 17.1 Å². The van der Waals surface area contributed by atoms with Gasteiger partial charge in [0.25, 0.3) is 0 Å². The second-order valence-corrected chi connectivity index (χ2v) is 15.4. The average molecular weight is 732 g/mol. The van der Waals surface area contributed by atoms with E-state index in [9.17, 15) is 0 Å². The molecule has 270 valence electrons. The van der Waals surface area contributed by atoms with Crippen molar-refractivity contribution in [3.05, 3.63) is 199 Å². The number of anilines is 3. The number of benzene rings is 8. The van der Waals surface area contributed by atoms with Gasteiger partial charge in [-0.25, -0.2) is 9.97 Å². The van der Waals surface area contributed by atoms with Crippen LogP contribution in [0.5, 0.6) is 0 Å². The molecular weight excluding hydrogens is 695 g/mol. The van der Waals surface area contributed by atoms with Gasteiger partial charge >= 0.3 is 0 Å². The molecule has 0 spiro atoms. The van der Waals surface area contributed by atoms with E-state index >= 15 is 0 Å². The molecule has 4 nitrogen and oxygen atoms in total. The van der Waals surface area contributed by atoms with E-state index in [1.807, 2.05) is 12.1 Å². The van der Waals surface area contributed by atoms with Gasteiger partial charge in [0.15, 0.2) is 5.82 Å². The molecule has 0 N–H and O–H groups in total. The lowest BCUT2D eigenvalue weighted by Gasteiger charge is -2.27. The molecule has 0 saturated heterocycles. The molecule has 0 amide bonds. The van der Waals surface area contributed by atoms with Gasteiger partial charge in [0, 0.05) is 61.4 Å². The summed E-state index contributed by atoms with van der Waals surface area (Å²) < 4.78 is 6.99. The lowest BCUT2D eigenvalue weighted by molar-refractivity contribution is 0.660. The molecule has 1 aliphatic rings. The maximum Gasteiger partial charge on any atom is 0.161 e. The van der Waals surface area contributed by atoms with Crippen LogP contribution in [0.2, 0.25) is 0 Å². The molecular formula is C53H37N3O. The third-order valence-corrected chi connectivity index (χ3v) is 11.7. The van der Waals surface area contributed by atoms with Gasteiger partial charge < -0.3 is 9.32 Å². The molecule has 2 heterocycles. The fourth-order valence-corrected chi connectivity index (χ4v) is 8.87. The smallest absolute Gasteiger partial charge is 0.161 e. The highest BCUT2D eigenvalue weighted by molar-refractivity contribution is 6.21. The van der Waals surface area contributed by atoms with Crippen molar-refractivity contribution in [3.8, 4) is 45.0 Å². The van der Waals surface area contributed by atoms with Gasteiger partial charge in [0.1, 0.15) is 11.2 Å². The summed E-state index contributed by atoms with van der Waals surface area (Å²) in [5, 5.41) is 4.14. The molecule has 0 fully saturated rings. The first-order valence-corrected chi connectivity index (χ1v) is 19.5. The lowest BCUT2D eigenvalue weighted by Crippen LogP contribution is -2.15. The van der Waals surface area contributed by atoms with Crippen molar-refractivity contribution in [3.63, 3.8) is 0 Å². The van der Waals surface area contributed by atoms with Crippen LogP contribution in [0, 0.1) is 0 Å². The summed E-state index contributed by atoms with van der Waals surface area (Å²) in [4.78, 5) is 12.9.